The molecule has 0 aromatic carbocycles. The van der Waals surface area contributed by atoms with Crippen molar-refractivity contribution >= 4 is 11.9 Å². The van der Waals surface area contributed by atoms with E-state index in [2.05, 4.69) is 10.5 Å². The number of amides is 1. The van der Waals surface area contributed by atoms with Gasteiger partial charge in [0.25, 0.3) is 5.91 Å². The minimum Gasteiger partial charge on any atom is -0.463 e. The van der Waals surface area contributed by atoms with Crippen molar-refractivity contribution in [1.82, 2.24) is 10.5 Å². The molecule has 100 valence electrons. The van der Waals surface area contributed by atoms with Gasteiger partial charge >= 0.3 is 5.97 Å². The second-order valence-electron chi connectivity index (χ2n) is 4.24. The first-order valence-corrected chi connectivity index (χ1v) is 5.82. The Hall–Kier alpha value is -1.85. The second-order valence-corrected chi connectivity index (χ2v) is 4.24. The highest BCUT2D eigenvalue weighted by Gasteiger charge is 2.17. The van der Waals surface area contributed by atoms with Crippen LogP contribution in [0.25, 0.3) is 0 Å². The fourth-order valence-electron chi connectivity index (χ4n) is 1.50. The maximum absolute atomic E-state index is 11.8. The molecule has 0 spiro atoms. The number of carbonyl (C=O) groups is 2. The van der Waals surface area contributed by atoms with Crippen LogP contribution >= 0.6 is 0 Å². The largest absolute Gasteiger partial charge is 0.463 e. The summed E-state index contributed by atoms with van der Waals surface area (Å²) in [6.45, 7) is 7.15. The van der Waals surface area contributed by atoms with Gasteiger partial charge in [-0.25, -0.2) is 0 Å². The molecule has 1 rings (SSSR count). The van der Waals surface area contributed by atoms with Gasteiger partial charge in [-0.05, 0) is 27.7 Å². The van der Waals surface area contributed by atoms with Gasteiger partial charge < -0.3 is 14.6 Å². The number of esters is 1. The predicted octanol–water partition coefficient (Wildman–Crippen LogP) is 1.36. The summed E-state index contributed by atoms with van der Waals surface area (Å²) in [4.78, 5) is 23.0. The van der Waals surface area contributed by atoms with E-state index in [-0.39, 0.29) is 30.9 Å². The van der Waals surface area contributed by atoms with E-state index in [4.69, 9.17) is 9.26 Å². The molecule has 6 nitrogen and oxygen atoms in total. The number of nitrogens with zero attached hydrogens (tertiary/aromatic N) is 1. The lowest BCUT2D eigenvalue weighted by Crippen LogP contribution is -2.27. The molecule has 0 aliphatic heterocycles. The Morgan fingerprint density at radius 3 is 2.56 bits per heavy atom. The van der Waals surface area contributed by atoms with Crippen LogP contribution in [0.2, 0.25) is 0 Å². The van der Waals surface area contributed by atoms with E-state index in [0.29, 0.717) is 17.0 Å². The van der Waals surface area contributed by atoms with Crippen molar-refractivity contribution in [2.75, 3.05) is 6.54 Å². The molecule has 0 radical (unpaired) electrons. The Morgan fingerprint density at radius 2 is 2.06 bits per heavy atom. The van der Waals surface area contributed by atoms with Crippen molar-refractivity contribution in [3.63, 3.8) is 0 Å². The third-order valence-electron chi connectivity index (χ3n) is 2.24. The van der Waals surface area contributed by atoms with Gasteiger partial charge in [0.2, 0.25) is 0 Å². The number of ether oxygens (including phenoxy) is 1. The van der Waals surface area contributed by atoms with E-state index in [9.17, 15) is 9.59 Å². The normalized spacial score (nSPS) is 10.5. The molecular formula is C12H18N2O4. The zero-order chi connectivity index (χ0) is 13.7. The lowest BCUT2D eigenvalue weighted by Gasteiger charge is -2.08. The molecule has 0 fully saturated rings. The van der Waals surface area contributed by atoms with Crippen molar-refractivity contribution in [3.05, 3.63) is 17.0 Å². The van der Waals surface area contributed by atoms with Gasteiger partial charge in [-0.2, -0.15) is 0 Å². The molecule has 1 N–H and O–H groups in total. The summed E-state index contributed by atoms with van der Waals surface area (Å²) in [5, 5.41) is 6.32. The van der Waals surface area contributed by atoms with Gasteiger partial charge in [0.1, 0.15) is 11.3 Å². The van der Waals surface area contributed by atoms with Crippen LogP contribution in [-0.2, 0) is 9.53 Å². The Kier molecular flexibility index (Phi) is 4.88. The average molecular weight is 254 g/mol. The molecule has 1 heterocycles. The number of aryl methyl sites for hydroxylation is 2. The number of carbonyl (C=O) groups excluding carboxylic acids is 2. The summed E-state index contributed by atoms with van der Waals surface area (Å²) >= 11 is 0. The van der Waals surface area contributed by atoms with Crippen LogP contribution in [0.1, 0.15) is 42.1 Å². The predicted molar refractivity (Wildman–Crippen MR) is 64.2 cm³/mol. The highest BCUT2D eigenvalue weighted by atomic mass is 16.5. The zero-order valence-electron chi connectivity index (χ0n) is 11.1. The Bertz CT molecular complexity index is 418. The van der Waals surface area contributed by atoms with E-state index in [0.717, 1.165) is 0 Å². The number of hydrogen-bond acceptors (Lipinski definition) is 5. The molecule has 1 aromatic rings. The van der Waals surface area contributed by atoms with E-state index >= 15 is 0 Å². The molecule has 0 unspecified atom stereocenters. The topological polar surface area (TPSA) is 81.4 Å². The summed E-state index contributed by atoms with van der Waals surface area (Å²) in [7, 11) is 0. The first-order valence-electron chi connectivity index (χ1n) is 5.82. The van der Waals surface area contributed by atoms with Crippen LogP contribution in [-0.4, -0.2) is 29.7 Å². The maximum atomic E-state index is 11.8. The van der Waals surface area contributed by atoms with Gasteiger partial charge in [0, 0.05) is 6.54 Å². The molecule has 6 heteroatoms. The molecule has 0 aliphatic carbocycles. The standard InChI is InChI=1S/C12H18N2O4/c1-7(2)17-10(15)5-6-13-12(16)11-8(3)14-18-9(11)4/h7H,5-6H2,1-4H3,(H,13,16). The monoisotopic (exact) mass is 254 g/mol. The molecule has 1 amide bonds. The van der Waals surface area contributed by atoms with Gasteiger partial charge in [0.05, 0.1) is 18.2 Å². The van der Waals surface area contributed by atoms with Crippen molar-refractivity contribution < 1.29 is 18.8 Å². The van der Waals surface area contributed by atoms with Crippen molar-refractivity contribution in [3.8, 4) is 0 Å². The smallest absolute Gasteiger partial charge is 0.307 e. The van der Waals surface area contributed by atoms with Crippen LogP contribution < -0.4 is 5.32 Å². The molecule has 0 atom stereocenters. The van der Waals surface area contributed by atoms with E-state index in [1.54, 1.807) is 27.7 Å². The molecule has 0 aliphatic rings. The summed E-state index contributed by atoms with van der Waals surface area (Å²) in [5.74, 6) is -0.151. The lowest BCUT2D eigenvalue weighted by atomic mass is 10.2. The average Bonchev–Trinajstić information content (AvgIpc) is 2.57. The first kappa shape index (κ1) is 14.2. The Balaban J connectivity index is 2.41. The van der Waals surface area contributed by atoms with Crippen molar-refractivity contribution in [1.29, 1.82) is 0 Å². The zero-order valence-corrected chi connectivity index (χ0v) is 11.1. The fraction of sp³-hybridized carbons (Fsp3) is 0.583. The van der Waals surface area contributed by atoms with Crippen LogP contribution in [0.5, 0.6) is 0 Å². The van der Waals surface area contributed by atoms with E-state index < -0.39 is 0 Å². The summed E-state index contributed by atoms with van der Waals surface area (Å²) < 4.78 is 9.84. The first-order chi connectivity index (χ1) is 8.41. The summed E-state index contributed by atoms with van der Waals surface area (Å²) in [5.41, 5.74) is 0.960. The van der Waals surface area contributed by atoms with Gasteiger partial charge in [0.15, 0.2) is 0 Å². The van der Waals surface area contributed by atoms with Crippen LogP contribution in [0, 0.1) is 13.8 Å². The lowest BCUT2D eigenvalue weighted by molar-refractivity contribution is -0.147. The molecule has 0 saturated heterocycles. The summed E-state index contributed by atoms with van der Waals surface area (Å²) in [6, 6.07) is 0. The second kappa shape index (κ2) is 6.18. The van der Waals surface area contributed by atoms with Crippen LogP contribution in [0.3, 0.4) is 0 Å². The van der Waals surface area contributed by atoms with Crippen molar-refractivity contribution in [2.45, 2.75) is 40.2 Å². The minimum absolute atomic E-state index is 0.143. The molecular weight excluding hydrogens is 236 g/mol. The highest BCUT2D eigenvalue weighted by molar-refractivity contribution is 5.96. The third kappa shape index (κ3) is 3.87. The quantitative estimate of drug-likeness (QED) is 0.802. The SMILES string of the molecule is Cc1noc(C)c1C(=O)NCCC(=O)OC(C)C. The third-order valence-corrected chi connectivity index (χ3v) is 2.24. The van der Waals surface area contributed by atoms with Crippen LogP contribution in [0.15, 0.2) is 4.52 Å². The summed E-state index contributed by atoms with van der Waals surface area (Å²) in [6.07, 6.45) is 0.00332. The fourth-order valence-corrected chi connectivity index (χ4v) is 1.50. The molecule has 0 saturated carbocycles. The Morgan fingerprint density at radius 1 is 1.39 bits per heavy atom. The highest BCUT2D eigenvalue weighted by Crippen LogP contribution is 2.11. The maximum Gasteiger partial charge on any atom is 0.307 e. The minimum atomic E-state index is -0.330. The molecule has 18 heavy (non-hydrogen) atoms. The van der Waals surface area contributed by atoms with Gasteiger partial charge in [-0.3, -0.25) is 9.59 Å². The number of rotatable bonds is 5. The van der Waals surface area contributed by atoms with Crippen LogP contribution in [0.4, 0.5) is 0 Å². The Labute approximate surface area is 106 Å². The number of aromatic nitrogens is 1. The molecule has 0 bridgehead atoms. The van der Waals surface area contributed by atoms with E-state index in [1.165, 1.54) is 0 Å². The molecule has 1 aromatic heterocycles. The number of hydrogen-bond donors (Lipinski definition) is 1. The number of nitrogens with one attached hydrogen (secondary N) is 1. The van der Waals surface area contributed by atoms with Gasteiger partial charge in [-0.1, -0.05) is 5.16 Å². The van der Waals surface area contributed by atoms with Gasteiger partial charge in [-0.15, -0.1) is 0 Å². The van der Waals surface area contributed by atoms with Crippen molar-refractivity contribution in [2.24, 2.45) is 0 Å². The van der Waals surface area contributed by atoms with E-state index in [1.807, 2.05) is 0 Å².